The smallest absolute Gasteiger partial charge is 0.119 e. The number of aliphatic hydroxyl groups is 1. The minimum atomic E-state index is -0.456. The summed E-state index contributed by atoms with van der Waals surface area (Å²) in [6, 6.07) is 9.62. The number of ether oxygens (including phenoxy) is 1. The quantitative estimate of drug-likeness (QED) is 0.717. The monoisotopic (exact) mass is 292 g/mol. The average molecular weight is 292 g/mol. The van der Waals surface area contributed by atoms with Crippen LogP contribution in [0.5, 0.6) is 5.75 Å². The van der Waals surface area contributed by atoms with Crippen molar-refractivity contribution in [3.05, 3.63) is 30.3 Å². The topological polar surface area (TPSA) is 44.7 Å². The molecule has 0 radical (unpaired) electrons. The number of nitrogens with one attached hydrogen (secondary N) is 1. The fraction of sp³-hybridized carbons (Fsp3) is 0.647. The van der Waals surface area contributed by atoms with Gasteiger partial charge in [-0.25, -0.2) is 0 Å². The highest BCUT2D eigenvalue weighted by molar-refractivity contribution is 5.20. The van der Waals surface area contributed by atoms with E-state index < -0.39 is 6.10 Å². The van der Waals surface area contributed by atoms with E-state index in [-0.39, 0.29) is 0 Å². The van der Waals surface area contributed by atoms with Crippen molar-refractivity contribution in [1.82, 2.24) is 10.2 Å². The molecule has 1 saturated heterocycles. The lowest BCUT2D eigenvalue weighted by atomic mass is 9.94. The lowest BCUT2D eigenvalue weighted by Gasteiger charge is -2.29. The van der Waals surface area contributed by atoms with Gasteiger partial charge in [-0.2, -0.15) is 0 Å². The first-order valence-corrected chi connectivity index (χ1v) is 7.99. The van der Waals surface area contributed by atoms with Crippen molar-refractivity contribution in [2.75, 3.05) is 39.8 Å². The van der Waals surface area contributed by atoms with Gasteiger partial charge in [0.15, 0.2) is 0 Å². The van der Waals surface area contributed by atoms with Gasteiger partial charge in [0.2, 0.25) is 0 Å². The number of para-hydroxylation sites is 1. The SMILES string of the molecule is CN1CCC(CCNCC(O)COc2ccccc2)CC1. The van der Waals surface area contributed by atoms with Crippen LogP contribution in [0.15, 0.2) is 30.3 Å². The Hall–Kier alpha value is -1.10. The summed E-state index contributed by atoms with van der Waals surface area (Å²) < 4.78 is 5.53. The Bertz CT molecular complexity index is 378. The highest BCUT2D eigenvalue weighted by atomic mass is 16.5. The zero-order valence-corrected chi connectivity index (χ0v) is 13.0. The van der Waals surface area contributed by atoms with E-state index in [0.717, 1.165) is 18.2 Å². The first kappa shape index (κ1) is 16.3. The van der Waals surface area contributed by atoms with Gasteiger partial charge in [-0.15, -0.1) is 0 Å². The van der Waals surface area contributed by atoms with Gasteiger partial charge in [0.25, 0.3) is 0 Å². The molecule has 4 nitrogen and oxygen atoms in total. The molecule has 1 fully saturated rings. The first-order chi connectivity index (χ1) is 10.2. The van der Waals surface area contributed by atoms with E-state index >= 15 is 0 Å². The summed E-state index contributed by atoms with van der Waals surface area (Å²) in [6.07, 6.45) is 3.36. The summed E-state index contributed by atoms with van der Waals surface area (Å²) in [7, 11) is 2.19. The summed E-state index contributed by atoms with van der Waals surface area (Å²) in [6.45, 7) is 4.36. The maximum atomic E-state index is 9.89. The molecule has 0 spiro atoms. The Morgan fingerprint density at radius 2 is 2.00 bits per heavy atom. The van der Waals surface area contributed by atoms with Crippen molar-refractivity contribution < 1.29 is 9.84 Å². The van der Waals surface area contributed by atoms with E-state index in [9.17, 15) is 5.11 Å². The van der Waals surface area contributed by atoms with Gasteiger partial charge in [-0.3, -0.25) is 0 Å². The third kappa shape index (κ3) is 6.46. The fourth-order valence-electron chi connectivity index (χ4n) is 2.69. The van der Waals surface area contributed by atoms with E-state index in [4.69, 9.17) is 4.74 Å². The minimum Gasteiger partial charge on any atom is -0.491 e. The van der Waals surface area contributed by atoms with Crippen molar-refractivity contribution in [3.8, 4) is 5.75 Å². The lowest BCUT2D eigenvalue weighted by molar-refractivity contribution is 0.105. The van der Waals surface area contributed by atoms with Crippen LogP contribution in [0.2, 0.25) is 0 Å². The molecule has 1 aromatic carbocycles. The van der Waals surface area contributed by atoms with Crippen molar-refractivity contribution in [2.24, 2.45) is 5.92 Å². The molecule has 0 saturated carbocycles. The van der Waals surface area contributed by atoms with Gasteiger partial charge in [0, 0.05) is 6.54 Å². The molecule has 1 heterocycles. The fourth-order valence-corrected chi connectivity index (χ4v) is 2.69. The second-order valence-corrected chi connectivity index (χ2v) is 6.02. The van der Waals surface area contributed by atoms with Gasteiger partial charge >= 0.3 is 0 Å². The molecular weight excluding hydrogens is 264 g/mol. The second kappa shape index (κ2) is 9.03. The molecule has 0 bridgehead atoms. The predicted octanol–water partition coefficient (Wildman–Crippen LogP) is 1.75. The van der Waals surface area contributed by atoms with Crippen molar-refractivity contribution >= 4 is 0 Å². The molecule has 0 aliphatic carbocycles. The molecule has 2 rings (SSSR count). The predicted molar refractivity (Wildman–Crippen MR) is 85.7 cm³/mol. The molecule has 1 unspecified atom stereocenters. The molecule has 1 aliphatic rings. The summed E-state index contributed by atoms with van der Waals surface area (Å²) >= 11 is 0. The third-order valence-corrected chi connectivity index (χ3v) is 4.13. The summed E-state index contributed by atoms with van der Waals surface area (Å²) in [5, 5.41) is 13.2. The van der Waals surface area contributed by atoms with Crippen molar-refractivity contribution in [2.45, 2.75) is 25.4 Å². The molecule has 0 aromatic heterocycles. The number of likely N-dealkylation sites (tertiary alicyclic amines) is 1. The van der Waals surface area contributed by atoms with E-state index in [1.807, 2.05) is 30.3 Å². The van der Waals surface area contributed by atoms with Gasteiger partial charge in [-0.1, -0.05) is 18.2 Å². The standard InChI is InChI=1S/C17H28N2O2/c1-19-11-8-15(9-12-19)7-10-18-13-16(20)14-21-17-5-3-2-4-6-17/h2-6,15-16,18,20H,7-14H2,1H3. The zero-order chi connectivity index (χ0) is 14.9. The van der Waals surface area contributed by atoms with Crippen LogP contribution in [0.25, 0.3) is 0 Å². The normalized spacial score (nSPS) is 18.6. The highest BCUT2D eigenvalue weighted by Gasteiger charge is 2.16. The molecule has 4 heteroatoms. The largest absolute Gasteiger partial charge is 0.491 e. The van der Waals surface area contributed by atoms with Crippen LogP contribution in [0.3, 0.4) is 0 Å². The van der Waals surface area contributed by atoms with E-state index in [2.05, 4.69) is 17.3 Å². The van der Waals surface area contributed by atoms with Gasteiger partial charge in [0.1, 0.15) is 18.5 Å². The van der Waals surface area contributed by atoms with Crippen LogP contribution in [-0.4, -0.2) is 55.9 Å². The Kier molecular flexibility index (Phi) is 7.00. The summed E-state index contributed by atoms with van der Waals surface area (Å²) in [5.74, 6) is 1.65. The molecule has 0 amide bonds. The number of hydrogen-bond acceptors (Lipinski definition) is 4. The average Bonchev–Trinajstić information content (AvgIpc) is 2.52. The van der Waals surface area contributed by atoms with Crippen LogP contribution >= 0.6 is 0 Å². The number of benzene rings is 1. The highest BCUT2D eigenvalue weighted by Crippen LogP contribution is 2.18. The summed E-state index contributed by atoms with van der Waals surface area (Å²) in [4.78, 5) is 2.40. The Labute approximate surface area is 128 Å². The molecule has 2 N–H and O–H groups in total. The van der Waals surface area contributed by atoms with Crippen LogP contribution in [-0.2, 0) is 0 Å². The molecule has 1 atom stereocenters. The first-order valence-electron chi connectivity index (χ1n) is 7.99. The molecule has 1 aliphatic heterocycles. The van der Waals surface area contributed by atoms with Crippen LogP contribution in [0.4, 0.5) is 0 Å². The van der Waals surface area contributed by atoms with Crippen LogP contribution in [0, 0.1) is 5.92 Å². The van der Waals surface area contributed by atoms with Crippen LogP contribution in [0.1, 0.15) is 19.3 Å². The van der Waals surface area contributed by atoms with E-state index in [1.54, 1.807) is 0 Å². The minimum absolute atomic E-state index is 0.339. The van der Waals surface area contributed by atoms with E-state index in [1.165, 1.54) is 32.4 Å². The third-order valence-electron chi connectivity index (χ3n) is 4.13. The number of nitrogens with zero attached hydrogens (tertiary/aromatic N) is 1. The number of piperidine rings is 1. The number of hydrogen-bond donors (Lipinski definition) is 2. The molecule has 118 valence electrons. The summed E-state index contributed by atoms with van der Waals surface area (Å²) in [5.41, 5.74) is 0. The van der Waals surface area contributed by atoms with Crippen LogP contribution < -0.4 is 10.1 Å². The number of rotatable bonds is 8. The Balaban J connectivity index is 1.50. The molecular formula is C17H28N2O2. The maximum Gasteiger partial charge on any atom is 0.119 e. The lowest BCUT2D eigenvalue weighted by Crippen LogP contribution is -2.34. The van der Waals surface area contributed by atoms with Gasteiger partial charge < -0.3 is 20.1 Å². The molecule has 21 heavy (non-hydrogen) atoms. The zero-order valence-electron chi connectivity index (χ0n) is 13.0. The Morgan fingerprint density at radius 1 is 1.29 bits per heavy atom. The maximum absolute atomic E-state index is 9.89. The molecule has 1 aromatic rings. The van der Waals surface area contributed by atoms with Gasteiger partial charge in [-0.05, 0) is 64.0 Å². The second-order valence-electron chi connectivity index (χ2n) is 6.02. The Morgan fingerprint density at radius 3 is 2.71 bits per heavy atom. The van der Waals surface area contributed by atoms with Crippen molar-refractivity contribution in [3.63, 3.8) is 0 Å². The number of aliphatic hydroxyl groups excluding tert-OH is 1. The van der Waals surface area contributed by atoms with E-state index in [0.29, 0.717) is 13.2 Å². The van der Waals surface area contributed by atoms with Crippen molar-refractivity contribution in [1.29, 1.82) is 0 Å². The van der Waals surface area contributed by atoms with Gasteiger partial charge in [0.05, 0.1) is 0 Å².